The lowest BCUT2D eigenvalue weighted by Gasteiger charge is -2.19. The Labute approximate surface area is 164 Å². The maximum atomic E-state index is 12.9. The van der Waals surface area contributed by atoms with Crippen LogP contribution in [0.1, 0.15) is 15.9 Å². The predicted molar refractivity (Wildman–Crippen MR) is 109 cm³/mol. The molecule has 0 bridgehead atoms. The van der Waals surface area contributed by atoms with Crippen LogP contribution in [0, 0.1) is 0 Å². The van der Waals surface area contributed by atoms with Gasteiger partial charge in [0.05, 0.1) is 17.4 Å². The van der Waals surface area contributed by atoms with Gasteiger partial charge in [-0.25, -0.2) is 8.42 Å². The molecule has 144 valence electrons. The van der Waals surface area contributed by atoms with E-state index in [9.17, 15) is 13.2 Å². The highest BCUT2D eigenvalue weighted by molar-refractivity contribution is 7.92. The molecule has 2 aromatic carbocycles. The molecule has 6 nitrogen and oxygen atoms in total. The number of rotatable bonds is 7. The summed E-state index contributed by atoms with van der Waals surface area (Å²) in [7, 11) is -2.26. The number of carbonyl (C=O) groups is 1. The van der Waals surface area contributed by atoms with E-state index in [0.717, 1.165) is 5.56 Å². The SMILES string of the molecule is CN(CCc1ccccc1)C(=O)c1ccccc1S(=O)(=O)Nc1cccnc1. The van der Waals surface area contributed by atoms with Crippen LogP contribution in [0.15, 0.2) is 84.0 Å². The van der Waals surface area contributed by atoms with E-state index >= 15 is 0 Å². The van der Waals surface area contributed by atoms with E-state index in [2.05, 4.69) is 9.71 Å². The second kappa shape index (κ2) is 8.67. The van der Waals surface area contributed by atoms with Crippen molar-refractivity contribution >= 4 is 21.6 Å². The summed E-state index contributed by atoms with van der Waals surface area (Å²) in [5.41, 5.74) is 1.58. The normalized spacial score (nSPS) is 11.0. The molecular formula is C21H21N3O3S. The van der Waals surface area contributed by atoms with Crippen molar-refractivity contribution in [2.24, 2.45) is 0 Å². The molecule has 0 spiro atoms. The summed E-state index contributed by atoms with van der Waals surface area (Å²) in [5, 5.41) is 0. The quantitative estimate of drug-likeness (QED) is 0.666. The third kappa shape index (κ3) is 4.75. The first-order chi connectivity index (χ1) is 13.5. The molecule has 0 aliphatic heterocycles. The number of pyridine rings is 1. The van der Waals surface area contributed by atoms with Gasteiger partial charge in [0.1, 0.15) is 4.90 Å². The summed E-state index contributed by atoms with van der Waals surface area (Å²) < 4.78 is 28.1. The van der Waals surface area contributed by atoms with Gasteiger partial charge in [-0.3, -0.25) is 14.5 Å². The third-order valence-corrected chi connectivity index (χ3v) is 5.69. The van der Waals surface area contributed by atoms with Crippen LogP contribution in [-0.2, 0) is 16.4 Å². The molecule has 28 heavy (non-hydrogen) atoms. The van der Waals surface area contributed by atoms with Crippen molar-refractivity contribution in [3.63, 3.8) is 0 Å². The lowest BCUT2D eigenvalue weighted by molar-refractivity contribution is 0.0793. The molecule has 0 saturated heterocycles. The molecule has 7 heteroatoms. The molecule has 0 saturated carbocycles. The number of carbonyl (C=O) groups excluding carboxylic acids is 1. The van der Waals surface area contributed by atoms with E-state index in [4.69, 9.17) is 0 Å². The van der Waals surface area contributed by atoms with Crippen LogP contribution in [0.2, 0.25) is 0 Å². The van der Waals surface area contributed by atoms with Crippen molar-refractivity contribution in [2.75, 3.05) is 18.3 Å². The molecule has 0 aliphatic rings. The lowest BCUT2D eigenvalue weighted by Crippen LogP contribution is -2.30. The Morgan fingerprint density at radius 3 is 2.43 bits per heavy atom. The van der Waals surface area contributed by atoms with Crippen LogP contribution in [0.25, 0.3) is 0 Å². The van der Waals surface area contributed by atoms with Crippen molar-refractivity contribution in [1.29, 1.82) is 0 Å². The number of sulfonamides is 1. The predicted octanol–water partition coefficient (Wildman–Crippen LogP) is 3.20. The van der Waals surface area contributed by atoms with Gasteiger partial charge < -0.3 is 4.90 Å². The van der Waals surface area contributed by atoms with Crippen LogP contribution in [0.4, 0.5) is 5.69 Å². The number of nitrogens with one attached hydrogen (secondary N) is 1. The van der Waals surface area contributed by atoms with Gasteiger partial charge in [0.15, 0.2) is 0 Å². The zero-order valence-electron chi connectivity index (χ0n) is 15.4. The monoisotopic (exact) mass is 395 g/mol. The number of aromatic nitrogens is 1. The minimum absolute atomic E-state index is 0.0598. The van der Waals surface area contributed by atoms with Gasteiger partial charge in [0.2, 0.25) is 0 Å². The second-order valence-electron chi connectivity index (χ2n) is 6.31. The molecule has 0 fully saturated rings. The number of benzene rings is 2. The van der Waals surface area contributed by atoms with Gasteiger partial charge in [-0.05, 0) is 36.2 Å². The van der Waals surface area contributed by atoms with E-state index in [0.29, 0.717) is 18.7 Å². The smallest absolute Gasteiger partial charge is 0.262 e. The number of nitrogens with zero attached hydrogens (tertiary/aromatic N) is 2. The number of likely N-dealkylation sites (N-methyl/N-ethyl adjacent to an activating group) is 1. The highest BCUT2D eigenvalue weighted by Crippen LogP contribution is 2.20. The molecule has 0 radical (unpaired) electrons. The lowest BCUT2D eigenvalue weighted by atomic mass is 10.1. The Bertz CT molecular complexity index is 1040. The van der Waals surface area contributed by atoms with Crippen molar-refractivity contribution < 1.29 is 13.2 Å². The summed E-state index contributed by atoms with van der Waals surface area (Å²) >= 11 is 0. The molecule has 3 aromatic rings. The van der Waals surface area contributed by atoms with Gasteiger partial charge in [-0.2, -0.15) is 0 Å². The number of hydrogen-bond donors (Lipinski definition) is 1. The van der Waals surface area contributed by atoms with Gasteiger partial charge in [-0.1, -0.05) is 42.5 Å². The average Bonchev–Trinajstić information content (AvgIpc) is 2.72. The van der Waals surface area contributed by atoms with Crippen molar-refractivity contribution in [3.05, 3.63) is 90.3 Å². The highest BCUT2D eigenvalue weighted by atomic mass is 32.2. The third-order valence-electron chi connectivity index (χ3n) is 4.25. The van der Waals surface area contributed by atoms with Crippen molar-refractivity contribution in [2.45, 2.75) is 11.3 Å². The average molecular weight is 395 g/mol. The van der Waals surface area contributed by atoms with E-state index < -0.39 is 10.0 Å². The minimum atomic E-state index is -3.93. The fraction of sp³-hybridized carbons (Fsp3) is 0.143. The van der Waals surface area contributed by atoms with Crippen molar-refractivity contribution in [3.8, 4) is 0 Å². The summed E-state index contributed by atoms with van der Waals surface area (Å²) in [4.78, 5) is 18.3. The first-order valence-corrected chi connectivity index (χ1v) is 10.3. The van der Waals surface area contributed by atoms with Crippen molar-refractivity contribution in [1.82, 2.24) is 9.88 Å². The van der Waals surface area contributed by atoms with Gasteiger partial charge >= 0.3 is 0 Å². The van der Waals surface area contributed by atoms with Gasteiger partial charge in [0.25, 0.3) is 15.9 Å². The summed E-state index contributed by atoms with van der Waals surface area (Å²) in [6.45, 7) is 0.479. The summed E-state index contributed by atoms with van der Waals surface area (Å²) in [5.74, 6) is -0.344. The van der Waals surface area contributed by atoms with Crippen LogP contribution in [0.3, 0.4) is 0 Å². The maximum absolute atomic E-state index is 12.9. The van der Waals surface area contributed by atoms with Gasteiger partial charge in [-0.15, -0.1) is 0 Å². The molecule has 1 aromatic heterocycles. The fourth-order valence-electron chi connectivity index (χ4n) is 2.76. The number of anilines is 1. The Balaban J connectivity index is 1.79. The van der Waals surface area contributed by atoms with E-state index in [1.807, 2.05) is 30.3 Å². The minimum Gasteiger partial charge on any atom is -0.341 e. The zero-order valence-corrected chi connectivity index (χ0v) is 16.3. The zero-order chi connectivity index (χ0) is 20.0. The molecule has 3 rings (SSSR count). The molecule has 1 heterocycles. The first-order valence-electron chi connectivity index (χ1n) is 8.78. The van der Waals surface area contributed by atoms with Crippen LogP contribution in [0.5, 0.6) is 0 Å². The number of hydrogen-bond acceptors (Lipinski definition) is 4. The summed E-state index contributed by atoms with van der Waals surface area (Å²) in [6, 6.07) is 19.3. The Morgan fingerprint density at radius 1 is 1.00 bits per heavy atom. The van der Waals surface area contributed by atoms with Crippen LogP contribution >= 0.6 is 0 Å². The van der Waals surface area contributed by atoms with E-state index in [1.165, 1.54) is 23.2 Å². The van der Waals surface area contributed by atoms with Crippen LogP contribution in [-0.4, -0.2) is 37.8 Å². The molecule has 1 amide bonds. The fourth-order valence-corrected chi connectivity index (χ4v) is 4.00. The molecule has 0 unspecified atom stereocenters. The molecular weight excluding hydrogens is 374 g/mol. The molecule has 1 N–H and O–H groups in total. The topological polar surface area (TPSA) is 79.4 Å². The maximum Gasteiger partial charge on any atom is 0.262 e. The van der Waals surface area contributed by atoms with Gasteiger partial charge in [0, 0.05) is 19.8 Å². The Morgan fingerprint density at radius 2 is 1.71 bits per heavy atom. The molecule has 0 atom stereocenters. The first kappa shape index (κ1) is 19.6. The Kier molecular flexibility index (Phi) is 6.06. The second-order valence-corrected chi connectivity index (χ2v) is 7.96. The van der Waals surface area contributed by atoms with Crippen LogP contribution < -0.4 is 4.72 Å². The number of amides is 1. The highest BCUT2D eigenvalue weighted by Gasteiger charge is 2.24. The largest absolute Gasteiger partial charge is 0.341 e. The van der Waals surface area contributed by atoms with E-state index in [-0.39, 0.29) is 16.4 Å². The van der Waals surface area contributed by atoms with E-state index in [1.54, 1.807) is 37.5 Å². The summed E-state index contributed by atoms with van der Waals surface area (Å²) in [6.07, 6.45) is 3.65. The standard InChI is InChI=1S/C21H21N3O3S/c1-24(15-13-17-8-3-2-4-9-17)21(25)19-11-5-6-12-20(19)28(26,27)23-18-10-7-14-22-16-18/h2-12,14,16,23H,13,15H2,1H3. The Hall–Kier alpha value is -3.19. The molecule has 0 aliphatic carbocycles.